The Hall–Kier alpha value is -2.41. The Morgan fingerprint density at radius 3 is 2.33 bits per heavy atom. The summed E-state index contributed by atoms with van der Waals surface area (Å²) < 4.78 is 0. The van der Waals surface area contributed by atoms with Crippen LogP contribution in [0.1, 0.15) is 20.7 Å². The number of rotatable bonds is 5. The van der Waals surface area contributed by atoms with Crippen molar-refractivity contribution in [3.05, 3.63) is 69.7 Å². The Balaban J connectivity index is 1.85. The monoisotopic (exact) mass is 406 g/mol. The molecule has 0 radical (unpaired) electrons. The zero-order chi connectivity index (χ0) is 19.6. The standard InChI is InChI=1S/C19H16Cl2N2O4/c20-13-7-6-11(8-14(13)21)18(25)23-15-12(19(26)27)9-22-16(15)17(24)10-4-2-1-3-5-10/h1-8,12,15-16,22H,9H2,(H,23,25)(H,26,27). The van der Waals surface area contributed by atoms with Crippen LogP contribution in [0.5, 0.6) is 0 Å². The van der Waals surface area contributed by atoms with E-state index in [-0.39, 0.29) is 22.9 Å². The van der Waals surface area contributed by atoms with Crippen molar-refractivity contribution in [2.45, 2.75) is 12.1 Å². The van der Waals surface area contributed by atoms with Crippen LogP contribution in [-0.4, -0.2) is 41.4 Å². The van der Waals surface area contributed by atoms with Crippen LogP contribution >= 0.6 is 23.2 Å². The normalized spacial score (nSPS) is 21.6. The molecule has 6 nitrogen and oxygen atoms in total. The molecular weight excluding hydrogens is 391 g/mol. The second kappa shape index (κ2) is 8.08. The van der Waals surface area contributed by atoms with Gasteiger partial charge in [-0.05, 0) is 18.2 Å². The number of carboxylic acid groups (broad SMARTS) is 1. The molecule has 2 aromatic carbocycles. The number of ketones is 1. The molecule has 1 fully saturated rings. The van der Waals surface area contributed by atoms with Crippen molar-refractivity contribution in [3.63, 3.8) is 0 Å². The highest BCUT2D eigenvalue weighted by atomic mass is 35.5. The topological polar surface area (TPSA) is 95.5 Å². The van der Waals surface area contributed by atoms with Gasteiger partial charge in [-0.3, -0.25) is 14.4 Å². The van der Waals surface area contributed by atoms with Crippen LogP contribution in [0.15, 0.2) is 48.5 Å². The number of amides is 1. The lowest BCUT2D eigenvalue weighted by Gasteiger charge is -2.23. The van der Waals surface area contributed by atoms with Crippen molar-refractivity contribution in [2.75, 3.05) is 6.54 Å². The molecule has 140 valence electrons. The Morgan fingerprint density at radius 1 is 1.00 bits per heavy atom. The molecule has 2 aromatic rings. The lowest BCUT2D eigenvalue weighted by Crippen LogP contribution is -2.51. The molecule has 0 spiro atoms. The molecule has 0 aliphatic carbocycles. The zero-order valence-corrected chi connectivity index (χ0v) is 15.5. The molecule has 0 aromatic heterocycles. The highest BCUT2D eigenvalue weighted by Gasteiger charge is 2.44. The van der Waals surface area contributed by atoms with Gasteiger partial charge >= 0.3 is 5.97 Å². The van der Waals surface area contributed by atoms with Gasteiger partial charge in [0.1, 0.15) is 0 Å². The molecule has 1 aliphatic heterocycles. The first-order valence-electron chi connectivity index (χ1n) is 8.20. The second-order valence-electron chi connectivity index (χ2n) is 6.19. The molecule has 1 amide bonds. The van der Waals surface area contributed by atoms with Gasteiger partial charge < -0.3 is 15.7 Å². The lowest BCUT2D eigenvalue weighted by molar-refractivity contribution is -0.141. The summed E-state index contributed by atoms with van der Waals surface area (Å²) in [5.74, 6) is -2.84. The third kappa shape index (κ3) is 4.13. The van der Waals surface area contributed by atoms with Gasteiger partial charge in [-0.15, -0.1) is 0 Å². The third-order valence-corrected chi connectivity index (χ3v) is 5.23. The Kier molecular flexibility index (Phi) is 5.79. The number of hydrogen-bond acceptors (Lipinski definition) is 4. The summed E-state index contributed by atoms with van der Waals surface area (Å²) in [7, 11) is 0. The van der Waals surface area contributed by atoms with Crippen molar-refractivity contribution >= 4 is 40.9 Å². The maximum absolute atomic E-state index is 12.8. The number of Topliss-reactive ketones (excluding diaryl/α,β-unsaturated/α-hetero) is 1. The fraction of sp³-hybridized carbons (Fsp3) is 0.211. The Labute approximate surface area is 165 Å². The molecule has 27 heavy (non-hydrogen) atoms. The van der Waals surface area contributed by atoms with Gasteiger partial charge in [0.05, 0.1) is 28.0 Å². The van der Waals surface area contributed by atoms with Gasteiger partial charge in [0.2, 0.25) is 0 Å². The van der Waals surface area contributed by atoms with Crippen molar-refractivity contribution in [2.24, 2.45) is 5.92 Å². The number of carbonyl (C=O) groups excluding carboxylic acids is 2. The maximum atomic E-state index is 12.8. The van der Waals surface area contributed by atoms with Gasteiger partial charge in [-0.1, -0.05) is 53.5 Å². The number of aliphatic carboxylic acids is 1. The summed E-state index contributed by atoms with van der Waals surface area (Å²) >= 11 is 11.8. The van der Waals surface area contributed by atoms with Crippen LogP contribution in [0, 0.1) is 5.92 Å². The van der Waals surface area contributed by atoms with Crippen LogP contribution < -0.4 is 10.6 Å². The van der Waals surface area contributed by atoms with E-state index in [0.29, 0.717) is 10.6 Å². The highest BCUT2D eigenvalue weighted by Crippen LogP contribution is 2.24. The van der Waals surface area contributed by atoms with E-state index in [1.165, 1.54) is 18.2 Å². The second-order valence-corrected chi connectivity index (χ2v) is 7.00. The van der Waals surface area contributed by atoms with Crippen LogP contribution in [0.4, 0.5) is 0 Å². The van der Waals surface area contributed by atoms with Crippen LogP contribution in [0.25, 0.3) is 0 Å². The van der Waals surface area contributed by atoms with E-state index in [4.69, 9.17) is 23.2 Å². The number of carboxylic acids is 1. The van der Waals surface area contributed by atoms with Crippen molar-refractivity contribution in [1.29, 1.82) is 0 Å². The van der Waals surface area contributed by atoms with E-state index in [1.807, 2.05) is 0 Å². The fourth-order valence-electron chi connectivity index (χ4n) is 3.07. The first kappa shape index (κ1) is 19.4. The molecule has 1 saturated heterocycles. The minimum absolute atomic E-state index is 0.0743. The van der Waals surface area contributed by atoms with E-state index in [0.717, 1.165) is 0 Å². The predicted molar refractivity (Wildman–Crippen MR) is 101 cm³/mol. The molecule has 1 aliphatic rings. The zero-order valence-electron chi connectivity index (χ0n) is 14.0. The van der Waals surface area contributed by atoms with Crippen molar-refractivity contribution in [3.8, 4) is 0 Å². The fourth-order valence-corrected chi connectivity index (χ4v) is 3.37. The molecule has 3 atom stereocenters. The quantitative estimate of drug-likeness (QED) is 0.663. The average molecular weight is 407 g/mol. The molecule has 3 unspecified atom stereocenters. The van der Waals surface area contributed by atoms with E-state index in [2.05, 4.69) is 10.6 Å². The average Bonchev–Trinajstić information content (AvgIpc) is 3.07. The van der Waals surface area contributed by atoms with E-state index < -0.39 is 29.9 Å². The summed E-state index contributed by atoms with van der Waals surface area (Å²) in [5, 5.41) is 15.6. The SMILES string of the molecule is O=C(NC1C(C(=O)O)CNC1C(=O)c1ccccc1)c1ccc(Cl)c(Cl)c1. The molecule has 0 saturated carbocycles. The van der Waals surface area contributed by atoms with Crippen LogP contribution in [-0.2, 0) is 4.79 Å². The first-order chi connectivity index (χ1) is 12.9. The third-order valence-electron chi connectivity index (χ3n) is 4.49. The lowest BCUT2D eigenvalue weighted by atomic mass is 9.93. The van der Waals surface area contributed by atoms with Gasteiger partial charge in [-0.25, -0.2) is 0 Å². The summed E-state index contributed by atoms with van der Waals surface area (Å²) in [6.07, 6.45) is 0. The largest absolute Gasteiger partial charge is 0.481 e. The van der Waals surface area contributed by atoms with Crippen molar-refractivity contribution in [1.82, 2.24) is 10.6 Å². The molecule has 1 heterocycles. The smallest absolute Gasteiger partial charge is 0.309 e. The molecule has 3 N–H and O–H groups in total. The summed E-state index contributed by atoms with van der Waals surface area (Å²) in [6.45, 7) is 0.0743. The van der Waals surface area contributed by atoms with Gasteiger partial charge in [0.25, 0.3) is 5.91 Å². The highest BCUT2D eigenvalue weighted by molar-refractivity contribution is 6.42. The summed E-state index contributed by atoms with van der Waals surface area (Å²) in [5.41, 5.74) is 0.668. The minimum Gasteiger partial charge on any atom is -0.481 e. The Morgan fingerprint density at radius 2 is 1.70 bits per heavy atom. The van der Waals surface area contributed by atoms with Crippen LogP contribution in [0.2, 0.25) is 10.0 Å². The predicted octanol–water partition coefficient (Wildman–Crippen LogP) is 2.65. The number of nitrogens with one attached hydrogen (secondary N) is 2. The maximum Gasteiger partial charge on any atom is 0.309 e. The summed E-state index contributed by atoms with van der Waals surface area (Å²) in [4.78, 5) is 37.0. The minimum atomic E-state index is -1.09. The Bertz CT molecular complexity index is 889. The van der Waals surface area contributed by atoms with Gasteiger partial charge in [0.15, 0.2) is 5.78 Å². The van der Waals surface area contributed by atoms with Crippen molar-refractivity contribution < 1.29 is 19.5 Å². The first-order valence-corrected chi connectivity index (χ1v) is 8.95. The van der Waals surface area contributed by atoms with Crippen LogP contribution in [0.3, 0.4) is 0 Å². The molecule has 3 rings (SSSR count). The number of halogens is 2. The van der Waals surface area contributed by atoms with Gasteiger partial charge in [0, 0.05) is 17.7 Å². The number of benzene rings is 2. The van der Waals surface area contributed by atoms with E-state index in [9.17, 15) is 19.5 Å². The van der Waals surface area contributed by atoms with E-state index >= 15 is 0 Å². The number of carbonyl (C=O) groups is 3. The van der Waals surface area contributed by atoms with Gasteiger partial charge in [-0.2, -0.15) is 0 Å². The molecular formula is C19H16Cl2N2O4. The van der Waals surface area contributed by atoms with E-state index in [1.54, 1.807) is 30.3 Å². The summed E-state index contributed by atoms with van der Waals surface area (Å²) in [6, 6.07) is 11.1. The number of hydrogen-bond donors (Lipinski definition) is 3. The molecule has 0 bridgehead atoms. The molecule has 8 heteroatoms.